The number of hydrogen-bond donors (Lipinski definition) is 0. The van der Waals surface area contributed by atoms with Gasteiger partial charge in [0.25, 0.3) is 0 Å². The van der Waals surface area contributed by atoms with Crippen molar-refractivity contribution < 1.29 is 4.74 Å². The van der Waals surface area contributed by atoms with E-state index in [1.54, 1.807) is 7.11 Å². The molecule has 1 aliphatic carbocycles. The maximum Gasteiger partial charge on any atom is 0.160 e. The fourth-order valence-electron chi connectivity index (χ4n) is 2.75. The van der Waals surface area contributed by atoms with Crippen molar-refractivity contribution in [1.29, 1.82) is 0 Å². The predicted molar refractivity (Wildman–Crippen MR) is 68.4 cm³/mol. The highest BCUT2D eigenvalue weighted by Crippen LogP contribution is 2.46. The number of nitrogens with zero attached hydrogens (tertiary/aromatic N) is 2. The van der Waals surface area contributed by atoms with Crippen LogP contribution in [0.25, 0.3) is 0 Å². The molecule has 2 rings (SSSR count). The highest BCUT2D eigenvalue weighted by molar-refractivity contribution is 9.09. The number of halogens is 1. The Morgan fingerprint density at radius 3 is 2.94 bits per heavy atom. The largest absolute Gasteiger partial charge is 0.493 e. The minimum atomic E-state index is 0.200. The first kappa shape index (κ1) is 12.0. The van der Waals surface area contributed by atoms with Crippen LogP contribution in [0.4, 0.5) is 0 Å². The fourth-order valence-corrected chi connectivity index (χ4v) is 3.69. The third kappa shape index (κ3) is 1.88. The average Bonchev–Trinajstić information content (AvgIpc) is 2.82. The van der Waals surface area contributed by atoms with Gasteiger partial charge in [0.15, 0.2) is 5.75 Å². The SMILES string of the molecule is CCn1ncc(OC)c1C1(C)CCC(Br)C1. The second kappa shape index (κ2) is 4.40. The van der Waals surface area contributed by atoms with Crippen LogP contribution < -0.4 is 4.74 Å². The molecule has 0 aromatic carbocycles. The summed E-state index contributed by atoms with van der Waals surface area (Å²) in [5, 5.41) is 4.40. The molecule has 2 atom stereocenters. The summed E-state index contributed by atoms with van der Waals surface area (Å²) in [6, 6.07) is 0. The van der Waals surface area contributed by atoms with E-state index in [0.717, 1.165) is 18.7 Å². The van der Waals surface area contributed by atoms with Crippen molar-refractivity contribution in [3.63, 3.8) is 0 Å². The second-order valence-corrected chi connectivity index (χ2v) is 6.07. The molecule has 90 valence electrons. The average molecular weight is 287 g/mol. The fraction of sp³-hybridized carbons (Fsp3) is 0.750. The van der Waals surface area contributed by atoms with Gasteiger partial charge in [0.05, 0.1) is 19.0 Å². The van der Waals surface area contributed by atoms with Crippen LogP contribution in [0.3, 0.4) is 0 Å². The molecule has 0 aliphatic heterocycles. The van der Waals surface area contributed by atoms with Crippen LogP contribution in [-0.4, -0.2) is 21.7 Å². The van der Waals surface area contributed by atoms with Gasteiger partial charge in [-0.15, -0.1) is 0 Å². The molecule has 1 heterocycles. The van der Waals surface area contributed by atoms with E-state index in [9.17, 15) is 0 Å². The van der Waals surface area contributed by atoms with E-state index < -0.39 is 0 Å². The van der Waals surface area contributed by atoms with Crippen LogP contribution in [0, 0.1) is 0 Å². The van der Waals surface area contributed by atoms with E-state index >= 15 is 0 Å². The van der Waals surface area contributed by atoms with Gasteiger partial charge in [-0.25, -0.2) is 0 Å². The van der Waals surface area contributed by atoms with Crippen molar-refractivity contribution in [2.75, 3.05) is 7.11 Å². The third-order valence-corrected chi connectivity index (χ3v) is 4.36. The summed E-state index contributed by atoms with van der Waals surface area (Å²) in [6.45, 7) is 5.35. The quantitative estimate of drug-likeness (QED) is 0.799. The molecule has 1 aromatic heterocycles. The second-order valence-electron chi connectivity index (χ2n) is 4.78. The lowest BCUT2D eigenvalue weighted by Crippen LogP contribution is -2.23. The summed E-state index contributed by atoms with van der Waals surface area (Å²) in [5.41, 5.74) is 1.46. The molecular formula is C12H19BrN2O. The van der Waals surface area contributed by atoms with E-state index in [0.29, 0.717) is 4.83 Å². The lowest BCUT2D eigenvalue weighted by molar-refractivity contribution is 0.371. The molecule has 0 spiro atoms. The Morgan fingerprint density at radius 2 is 2.44 bits per heavy atom. The van der Waals surface area contributed by atoms with Crippen molar-refractivity contribution >= 4 is 15.9 Å². The molecule has 16 heavy (non-hydrogen) atoms. The number of ether oxygens (including phenoxy) is 1. The molecule has 1 aliphatic rings. The van der Waals surface area contributed by atoms with Crippen molar-refractivity contribution in [1.82, 2.24) is 9.78 Å². The molecule has 0 radical (unpaired) electrons. The van der Waals surface area contributed by atoms with Gasteiger partial charge in [0.1, 0.15) is 0 Å². The zero-order valence-corrected chi connectivity index (χ0v) is 11.7. The predicted octanol–water partition coefficient (Wildman–Crippen LogP) is 3.12. The Labute approximate surface area is 105 Å². The maximum absolute atomic E-state index is 5.44. The third-order valence-electron chi connectivity index (χ3n) is 3.58. The van der Waals surface area contributed by atoms with Crippen LogP contribution >= 0.6 is 15.9 Å². The van der Waals surface area contributed by atoms with Gasteiger partial charge in [0.2, 0.25) is 0 Å². The van der Waals surface area contributed by atoms with E-state index in [1.165, 1.54) is 18.5 Å². The minimum Gasteiger partial charge on any atom is -0.493 e. The normalized spacial score (nSPS) is 29.6. The summed E-state index contributed by atoms with van der Waals surface area (Å²) in [7, 11) is 1.73. The summed E-state index contributed by atoms with van der Waals surface area (Å²) < 4.78 is 7.52. The standard InChI is InChI=1S/C12H19BrN2O/c1-4-15-11(10(16-3)8-14-15)12(2)6-5-9(13)7-12/h8-9H,4-7H2,1-3H3. The Kier molecular flexibility index (Phi) is 3.29. The van der Waals surface area contributed by atoms with Crippen LogP contribution in [-0.2, 0) is 12.0 Å². The van der Waals surface area contributed by atoms with E-state index in [1.807, 2.05) is 6.20 Å². The van der Waals surface area contributed by atoms with Gasteiger partial charge in [-0.05, 0) is 26.2 Å². The number of hydrogen-bond acceptors (Lipinski definition) is 2. The van der Waals surface area contributed by atoms with E-state index in [2.05, 4.69) is 39.6 Å². The zero-order chi connectivity index (χ0) is 11.8. The molecule has 0 amide bonds. The highest BCUT2D eigenvalue weighted by atomic mass is 79.9. The lowest BCUT2D eigenvalue weighted by atomic mass is 9.84. The molecule has 1 aromatic rings. The molecule has 0 N–H and O–H groups in total. The first-order chi connectivity index (χ1) is 7.60. The summed E-state index contributed by atoms with van der Waals surface area (Å²) in [6.07, 6.45) is 5.43. The molecule has 0 saturated heterocycles. The molecule has 4 heteroatoms. The first-order valence-corrected chi connectivity index (χ1v) is 6.76. The summed E-state index contributed by atoms with van der Waals surface area (Å²) in [5.74, 6) is 0.936. The minimum absolute atomic E-state index is 0.200. The number of aromatic nitrogens is 2. The molecule has 2 unspecified atom stereocenters. The Morgan fingerprint density at radius 1 is 1.69 bits per heavy atom. The van der Waals surface area contributed by atoms with Gasteiger partial charge >= 0.3 is 0 Å². The smallest absolute Gasteiger partial charge is 0.160 e. The van der Waals surface area contributed by atoms with E-state index in [-0.39, 0.29) is 5.41 Å². The van der Waals surface area contributed by atoms with Crippen LogP contribution in [0.5, 0.6) is 5.75 Å². The number of alkyl halides is 1. The van der Waals surface area contributed by atoms with Crippen molar-refractivity contribution in [2.45, 2.75) is 49.9 Å². The van der Waals surface area contributed by atoms with Crippen LogP contribution in [0.1, 0.15) is 38.8 Å². The Balaban J connectivity index is 2.41. The molecular weight excluding hydrogens is 268 g/mol. The van der Waals surface area contributed by atoms with Gasteiger partial charge in [-0.2, -0.15) is 5.10 Å². The Bertz CT molecular complexity index is 356. The van der Waals surface area contributed by atoms with Crippen molar-refractivity contribution in [2.24, 2.45) is 0 Å². The molecule has 3 nitrogen and oxygen atoms in total. The molecule has 1 fully saturated rings. The number of rotatable bonds is 3. The van der Waals surface area contributed by atoms with Gasteiger partial charge in [0, 0.05) is 16.8 Å². The lowest BCUT2D eigenvalue weighted by Gasteiger charge is -2.25. The van der Waals surface area contributed by atoms with E-state index in [4.69, 9.17) is 4.74 Å². The summed E-state index contributed by atoms with van der Waals surface area (Å²) in [4.78, 5) is 0.627. The zero-order valence-electron chi connectivity index (χ0n) is 10.2. The maximum atomic E-state index is 5.44. The van der Waals surface area contributed by atoms with Gasteiger partial charge in [-0.3, -0.25) is 4.68 Å². The summed E-state index contributed by atoms with van der Waals surface area (Å²) >= 11 is 3.72. The van der Waals surface area contributed by atoms with Crippen LogP contribution in [0.15, 0.2) is 6.20 Å². The van der Waals surface area contributed by atoms with Gasteiger partial charge < -0.3 is 4.74 Å². The Hall–Kier alpha value is -0.510. The first-order valence-electron chi connectivity index (χ1n) is 5.85. The number of aryl methyl sites for hydroxylation is 1. The van der Waals surface area contributed by atoms with Crippen molar-refractivity contribution in [3.05, 3.63) is 11.9 Å². The highest BCUT2D eigenvalue weighted by Gasteiger charge is 2.40. The van der Waals surface area contributed by atoms with Gasteiger partial charge in [-0.1, -0.05) is 22.9 Å². The molecule has 0 bridgehead atoms. The monoisotopic (exact) mass is 286 g/mol. The number of methoxy groups -OCH3 is 1. The van der Waals surface area contributed by atoms with Crippen LogP contribution in [0.2, 0.25) is 0 Å². The topological polar surface area (TPSA) is 27.1 Å². The van der Waals surface area contributed by atoms with Crippen molar-refractivity contribution in [3.8, 4) is 5.75 Å². The molecule has 1 saturated carbocycles.